The zero-order valence-electron chi connectivity index (χ0n) is 21.6. The molecule has 2 amide bonds. The highest BCUT2D eigenvalue weighted by molar-refractivity contribution is 7.10. The van der Waals surface area contributed by atoms with Crippen LogP contribution in [0.2, 0.25) is 0 Å². The maximum absolute atomic E-state index is 14.1. The van der Waals surface area contributed by atoms with E-state index < -0.39 is 11.6 Å². The molecule has 4 aromatic rings. The predicted molar refractivity (Wildman–Crippen MR) is 144 cm³/mol. The molecule has 0 aliphatic heterocycles. The van der Waals surface area contributed by atoms with Crippen molar-refractivity contribution in [3.05, 3.63) is 64.9 Å². The standard InChI is InChI=1S/C27H31N5O4S/c1-6-27(2,3)28-26(34)25(23-12-9-15-37-23)32(18-13-14-21(35-4)22(16-18)36-5)24(33)17-31-20-11-8-7-10-19(20)29-30-31/h7-16,25H,6,17H2,1-5H3,(H,28,34)/t25-/m1/s1. The van der Waals surface area contributed by atoms with Gasteiger partial charge in [-0.2, -0.15) is 0 Å². The largest absolute Gasteiger partial charge is 0.493 e. The minimum Gasteiger partial charge on any atom is -0.493 e. The average molecular weight is 522 g/mol. The van der Waals surface area contributed by atoms with E-state index in [2.05, 4.69) is 15.6 Å². The third kappa shape index (κ3) is 5.59. The molecule has 2 aromatic carbocycles. The van der Waals surface area contributed by atoms with Crippen LogP contribution < -0.4 is 19.7 Å². The molecule has 0 bridgehead atoms. The van der Waals surface area contributed by atoms with Crippen LogP contribution in [0.15, 0.2) is 60.0 Å². The molecular weight excluding hydrogens is 490 g/mol. The number of thiophene rings is 1. The lowest BCUT2D eigenvalue weighted by molar-refractivity contribution is -0.128. The van der Waals surface area contributed by atoms with Gasteiger partial charge >= 0.3 is 0 Å². The summed E-state index contributed by atoms with van der Waals surface area (Å²) in [5.41, 5.74) is 1.45. The molecular formula is C27H31N5O4S. The number of aromatic nitrogens is 3. The van der Waals surface area contributed by atoms with Crippen LogP contribution in [0.5, 0.6) is 11.5 Å². The molecule has 2 heterocycles. The fourth-order valence-corrected chi connectivity index (χ4v) is 4.77. The summed E-state index contributed by atoms with van der Waals surface area (Å²) in [6.07, 6.45) is 0.727. The number of hydrogen-bond donors (Lipinski definition) is 1. The van der Waals surface area contributed by atoms with E-state index >= 15 is 0 Å². The third-order valence-corrected chi connectivity index (χ3v) is 7.21. The Hall–Kier alpha value is -3.92. The topological polar surface area (TPSA) is 98.6 Å². The molecule has 0 saturated heterocycles. The van der Waals surface area contributed by atoms with E-state index in [0.29, 0.717) is 22.7 Å². The summed E-state index contributed by atoms with van der Waals surface area (Å²) in [6.45, 7) is 5.82. The fraction of sp³-hybridized carbons (Fsp3) is 0.333. The summed E-state index contributed by atoms with van der Waals surface area (Å²) in [5, 5.41) is 13.4. The number of carbonyl (C=O) groups is 2. The molecule has 0 fully saturated rings. The lowest BCUT2D eigenvalue weighted by atomic mass is 10.0. The second-order valence-electron chi connectivity index (χ2n) is 9.18. The van der Waals surface area contributed by atoms with Gasteiger partial charge in [0.2, 0.25) is 11.8 Å². The van der Waals surface area contributed by atoms with E-state index in [1.54, 1.807) is 30.0 Å². The summed E-state index contributed by atoms with van der Waals surface area (Å²) in [7, 11) is 3.08. The van der Waals surface area contributed by atoms with Crippen molar-refractivity contribution in [2.75, 3.05) is 19.1 Å². The second-order valence-corrected chi connectivity index (χ2v) is 10.2. The number of methoxy groups -OCH3 is 2. The first-order valence-electron chi connectivity index (χ1n) is 12.0. The van der Waals surface area contributed by atoms with Crippen LogP contribution in [0.3, 0.4) is 0 Å². The van der Waals surface area contributed by atoms with E-state index in [-0.39, 0.29) is 18.4 Å². The smallest absolute Gasteiger partial charge is 0.249 e. The van der Waals surface area contributed by atoms with Crippen LogP contribution in [0.4, 0.5) is 5.69 Å². The molecule has 9 nitrogen and oxygen atoms in total. The number of nitrogens with one attached hydrogen (secondary N) is 1. The number of nitrogens with zero attached hydrogens (tertiary/aromatic N) is 4. The monoisotopic (exact) mass is 521 g/mol. The van der Waals surface area contributed by atoms with Gasteiger partial charge in [0.25, 0.3) is 0 Å². The van der Waals surface area contributed by atoms with E-state index in [1.165, 1.54) is 23.3 Å². The first-order valence-corrected chi connectivity index (χ1v) is 12.8. The predicted octanol–water partition coefficient (Wildman–Crippen LogP) is 4.59. The van der Waals surface area contributed by atoms with Crippen LogP contribution in [0, 0.1) is 0 Å². The number of anilines is 1. The molecule has 4 rings (SSSR count). The number of rotatable bonds is 10. The van der Waals surface area contributed by atoms with Gasteiger partial charge in [0.05, 0.1) is 19.7 Å². The molecule has 0 aliphatic rings. The third-order valence-electron chi connectivity index (χ3n) is 6.28. The average Bonchev–Trinajstić information content (AvgIpc) is 3.57. The highest BCUT2D eigenvalue weighted by Crippen LogP contribution is 2.37. The van der Waals surface area contributed by atoms with Crippen LogP contribution in [-0.4, -0.2) is 46.6 Å². The van der Waals surface area contributed by atoms with Gasteiger partial charge in [0.15, 0.2) is 11.5 Å². The Morgan fingerprint density at radius 2 is 1.84 bits per heavy atom. The van der Waals surface area contributed by atoms with Gasteiger partial charge in [-0.25, -0.2) is 4.68 Å². The molecule has 2 aromatic heterocycles. The van der Waals surface area contributed by atoms with E-state index in [1.807, 2.05) is 62.5 Å². The molecule has 0 unspecified atom stereocenters. The fourth-order valence-electron chi connectivity index (χ4n) is 3.96. The lowest BCUT2D eigenvalue weighted by Crippen LogP contribution is -2.50. The quantitative estimate of drug-likeness (QED) is 0.328. The highest BCUT2D eigenvalue weighted by Gasteiger charge is 2.36. The molecule has 0 aliphatic carbocycles. The molecule has 194 valence electrons. The summed E-state index contributed by atoms with van der Waals surface area (Å²) in [6, 6.07) is 15.4. The SMILES string of the molecule is CCC(C)(C)NC(=O)[C@@H](c1cccs1)N(C(=O)Cn1nnc2ccccc21)c1ccc(OC)c(OC)c1. The Bertz CT molecular complexity index is 1380. The van der Waals surface area contributed by atoms with Gasteiger partial charge in [-0.15, -0.1) is 16.4 Å². The van der Waals surface area contributed by atoms with Crippen LogP contribution >= 0.6 is 11.3 Å². The van der Waals surface area contributed by atoms with Gasteiger partial charge in [-0.1, -0.05) is 30.3 Å². The Morgan fingerprint density at radius 1 is 1.08 bits per heavy atom. The second kappa shape index (κ2) is 11.0. The van der Waals surface area contributed by atoms with Crippen LogP contribution in [0.1, 0.15) is 38.1 Å². The Labute approximate surface area is 220 Å². The maximum atomic E-state index is 14.1. The Morgan fingerprint density at radius 3 is 2.51 bits per heavy atom. The van der Waals surface area contributed by atoms with Crippen molar-refractivity contribution in [3.8, 4) is 11.5 Å². The van der Waals surface area contributed by atoms with Crippen molar-refractivity contribution < 1.29 is 19.1 Å². The Kier molecular flexibility index (Phi) is 7.77. The van der Waals surface area contributed by atoms with Crippen LogP contribution in [0.25, 0.3) is 11.0 Å². The van der Waals surface area contributed by atoms with Crippen molar-refractivity contribution in [2.45, 2.75) is 45.3 Å². The van der Waals surface area contributed by atoms with Crippen molar-refractivity contribution >= 4 is 39.9 Å². The first kappa shape index (κ1) is 26.2. The summed E-state index contributed by atoms with van der Waals surface area (Å²) < 4.78 is 12.5. The zero-order chi connectivity index (χ0) is 26.6. The van der Waals surface area contributed by atoms with Gasteiger partial charge in [0.1, 0.15) is 18.1 Å². The molecule has 0 saturated carbocycles. The van der Waals surface area contributed by atoms with Crippen molar-refractivity contribution in [1.29, 1.82) is 0 Å². The zero-order valence-corrected chi connectivity index (χ0v) is 22.4. The van der Waals surface area contributed by atoms with E-state index in [9.17, 15) is 9.59 Å². The van der Waals surface area contributed by atoms with E-state index in [4.69, 9.17) is 9.47 Å². The molecule has 37 heavy (non-hydrogen) atoms. The summed E-state index contributed by atoms with van der Waals surface area (Å²) in [5.74, 6) is 0.361. The van der Waals surface area contributed by atoms with Crippen molar-refractivity contribution in [1.82, 2.24) is 20.3 Å². The summed E-state index contributed by atoms with van der Waals surface area (Å²) in [4.78, 5) is 30.2. The van der Waals surface area contributed by atoms with Gasteiger partial charge in [0, 0.05) is 22.2 Å². The first-order chi connectivity index (χ1) is 17.8. The van der Waals surface area contributed by atoms with Gasteiger partial charge in [-0.3, -0.25) is 14.5 Å². The van der Waals surface area contributed by atoms with Gasteiger partial charge in [-0.05, 0) is 56.0 Å². The molecule has 10 heteroatoms. The van der Waals surface area contributed by atoms with E-state index in [0.717, 1.165) is 16.8 Å². The molecule has 0 radical (unpaired) electrons. The van der Waals surface area contributed by atoms with Crippen LogP contribution in [-0.2, 0) is 16.1 Å². The van der Waals surface area contributed by atoms with Crippen molar-refractivity contribution in [3.63, 3.8) is 0 Å². The number of para-hydroxylation sites is 1. The number of hydrogen-bond acceptors (Lipinski definition) is 7. The minimum absolute atomic E-state index is 0.110. The van der Waals surface area contributed by atoms with Gasteiger partial charge < -0.3 is 14.8 Å². The minimum atomic E-state index is -0.911. The Balaban J connectivity index is 1.82. The summed E-state index contributed by atoms with van der Waals surface area (Å²) >= 11 is 1.42. The molecule has 0 spiro atoms. The number of amides is 2. The molecule has 1 N–H and O–H groups in total. The number of ether oxygens (including phenoxy) is 2. The number of fused-ring (bicyclic) bond motifs is 1. The number of benzene rings is 2. The number of carbonyl (C=O) groups excluding carboxylic acids is 2. The maximum Gasteiger partial charge on any atom is 0.249 e. The van der Waals surface area contributed by atoms with Crippen molar-refractivity contribution in [2.24, 2.45) is 0 Å². The normalized spacial score (nSPS) is 12.2. The highest BCUT2D eigenvalue weighted by atomic mass is 32.1. The lowest BCUT2D eigenvalue weighted by Gasteiger charge is -2.34. The molecule has 1 atom stereocenters.